The molecule has 0 aromatic carbocycles. The van der Waals surface area contributed by atoms with Crippen molar-refractivity contribution in [3.8, 4) is 0 Å². The Morgan fingerprint density at radius 3 is 2.85 bits per heavy atom. The molecule has 2 aliphatic carbocycles. The molecule has 1 fully saturated rings. The second-order valence-electron chi connectivity index (χ2n) is 5.09. The summed E-state index contributed by atoms with van der Waals surface area (Å²) in [5.41, 5.74) is 0.671. The largest absolute Gasteiger partial charge is 0.316 e. The van der Waals surface area contributed by atoms with E-state index in [9.17, 15) is 0 Å². The molecule has 0 amide bonds. The van der Waals surface area contributed by atoms with Gasteiger partial charge in [0.25, 0.3) is 0 Å². The van der Waals surface area contributed by atoms with E-state index in [-0.39, 0.29) is 0 Å². The second-order valence-corrected chi connectivity index (χ2v) is 5.09. The molecule has 0 spiro atoms. The normalized spacial score (nSPS) is 30.4. The zero-order valence-electron chi connectivity index (χ0n) is 8.68. The molecule has 74 valence electrons. The summed E-state index contributed by atoms with van der Waals surface area (Å²) in [6, 6.07) is 0. The van der Waals surface area contributed by atoms with E-state index in [1.807, 2.05) is 0 Å². The summed E-state index contributed by atoms with van der Waals surface area (Å²) >= 11 is 0. The summed E-state index contributed by atoms with van der Waals surface area (Å²) in [7, 11) is 0. The quantitative estimate of drug-likeness (QED) is 0.654. The van der Waals surface area contributed by atoms with Crippen LogP contribution in [0.2, 0.25) is 0 Å². The van der Waals surface area contributed by atoms with E-state index in [4.69, 9.17) is 0 Å². The van der Waals surface area contributed by atoms with Crippen molar-refractivity contribution >= 4 is 0 Å². The zero-order valence-corrected chi connectivity index (χ0v) is 8.68. The molecule has 1 atom stereocenters. The van der Waals surface area contributed by atoms with Crippen LogP contribution in [0.5, 0.6) is 0 Å². The summed E-state index contributed by atoms with van der Waals surface area (Å²) in [6.45, 7) is 4.87. The predicted octanol–water partition coefficient (Wildman–Crippen LogP) is 2.73. The average Bonchev–Trinajstić information content (AvgIpc) is 2.86. The maximum absolute atomic E-state index is 3.62. The molecule has 0 radical (unpaired) electrons. The van der Waals surface area contributed by atoms with E-state index in [2.05, 4.69) is 24.4 Å². The third kappa shape index (κ3) is 2.84. The molecule has 0 aromatic rings. The Balaban J connectivity index is 1.59. The highest BCUT2D eigenvalue weighted by atomic mass is 14.9. The smallest absolute Gasteiger partial charge is 0.000528 e. The maximum atomic E-state index is 3.62. The molecule has 1 N–H and O–H groups in total. The first-order chi connectivity index (χ1) is 6.29. The molecule has 1 saturated carbocycles. The minimum Gasteiger partial charge on any atom is -0.316 e. The van der Waals surface area contributed by atoms with Gasteiger partial charge in [-0.1, -0.05) is 19.1 Å². The Hall–Kier alpha value is -0.300. The van der Waals surface area contributed by atoms with Crippen LogP contribution in [-0.2, 0) is 0 Å². The minimum absolute atomic E-state index is 0.671. The van der Waals surface area contributed by atoms with Gasteiger partial charge in [0.2, 0.25) is 0 Å². The molecule has 0 heterocycles. The van der Waals surface area contributed by atoms with Gasteiger partial charge in [-0.25, -0.2) is 0 Å². The Kier molecular flexibility index (Phi) is 2.73. The molecular formula is C12H21N. The first-order valence-corrected chi connectivity index (χ1v) is 5.64. The van der Waals surface area contributed by atoms with Crippen molar-refractivity contribution in [2.75, 3.05) is 13.1 Å². The van der Waals surface area contributed by atoms with Crippen LogP contribution in [0.3, 0.4) is 0 Å². The van der Waals surface area contributed by atoms with Gasteiger partial charge in [0.1, 0.15) is 0 Å². The molecule has 1 unspecified atom stereocenters. The lowest BCUT2D eigenvalue weighted by molar-refractivity contribution is 0.408. The minimum atomic E-state index is 0.671. The SMILES string of the molecule is CC1(CNCC2CC=CCC2)CC1. The van der Waals surface area contributed by atoms with Crippen LogP contribution in [0.25, 0.3) is 0 Å². The Morgan fingerprint density at radius 2 is 2.23 bits per heavy atom. The van der Waals surface area contributed by atoms with Crippen molar-refractivity contribution in [3.05, 3.63) is 12.2 Å². The first-order valence-electron chi connectivity index (χ1n) is 5.64. The third-order valence-electron chi connectivity index (χ3n) is 3.47. The number of allylic oxidation sites excluding steroid dienone is 2. The zero-order chi connectivity index (χ0) is 9.15. The van der Waals surface area contributed by atoms with Crippen LogP contribution in [0.4, 0.5) is 0 Å². The Morgan fingerprint density at radius 1 is 1.38 bits per heavy atom. The van der Waals surface area contributed by atoms with E-state index in [1.165, 1.54) is 45.2 Å². The lowest BCUT2D eigenvalue weighted by Gasteiger charge is -2.19. The summed E-state index contributed by atoms with van der Waals surface area (Å²) < 4.78 is 0. The highest BCUT2D eigenvalue weighted by molar-refractivity contribution is 4.93. The van der Waals surface area contributed by atoms with Gasteiger partial charge in [-0.2, -0.15) is 0 Å². The topological polar surface area (TPSA) is 12.0 Å². The summed E-state index contributed by atoms with van der Waals surface area (Å²) in [5.74, 6) is 0.910. The fourth-order valence-electron chi connectivity index (χ4n) is 2.01. The van der Waals surface area contributed by atoms with Gasteiger partial charge in [-0.05, 0) is 50.0 Å². The number of rotatable bonds is 4. The predicted molar refractivity (Wildman–Crippen MR) is 56.7 cm³/mol. The number of nitrogens with one attached hydrogen (secondary N) is 1. The maximum Gasteiger partial charge on any atom is 0.000528 e. The summed E-state index contributed by atoms with van der Waals surface area (Å²) in [5, 5.41) is 3.62. The van der Waals surface area contributed by atoms with E-state index < -0.39 is 0 Å². The van der Waals surface area contributed by atoms with Crippen LogP contribution < -0.4 is 5.32 Å². The van der Waals surface area contributed by atoms with Gasteiger partial charge < -0.3 is 5.32 Å². The van der Waals surface area contributed by atoms with E-state index >= 15 is 0 Å². The molecule has 1 heteroatoms. The molecule has 0 aromatic heterocycles. The third-order valence-corrected chi connectivity index (χ3v) is 3.47. The number of hydrogen-bond donors (Lipinski definition) is 1. The van der Waals surface area contributed by atoms with Gasteiger partial charge >= 0.3 is 0 Å². The molecular weight excluding hydrogens is 158 g/mol. The molecule has 2 aliphatic rings. The highest BCUT2D eigenvalue weighted by Gasteiger charge is 2.36. The standard InChI is InChI=1S/C12H21N/c1-12(7-8-12)10-13-9-11-5-3-2-4-6-11/h2-3,11,13H,4-10H2,1H3. The van der Waals surface area contributed by atoms with Gasteiger partial charge in [0.15, 0.2) is 0 Å². The Bertz CT molecular complexity index is 191. The van der Waals surface area contributed by atoms with Crippen molar-refractivity contribution < 1.29 is 0 Å². The monoisotopic (exact) mass is 179 g/mol. The molecule has 1 nitrogen and oxygen atoms in total. The number of hydrogen-bond acceptors (Lipinski definition) is 1. The van der Waals surface area contributed by atoms with Crippen LogP contribution >= 0.6 is 0 Å². The lowest BCUT2D eigenvalue weighted by Crippen LogP contribution is -2.28. The average molecular weight is 179 g/mol. The van der Waals surface area contributed by atoms with Crippen LogP contribution in [-0.4, -0.2) is 13.1 Å². The van der Waals surface area contributed by atoms with E-state index in [1.54, 1.807) is 0 Å². The van der Waals surface area contributed by atoms with Crippen molar-refractivity contribution in [1.29, 1.82) is 0 Å². The fraction of sp³-hybridized carbons (Fsp3) is 0.833. The molecule has 0 saturated heterocycles. The van der Waals surface area contributed by atoms with Crippen LogP contribution in [0, 0.1) is 11.3 Å². The van der Waals surface area contributed by atoms with Crippen LogP contribution in [0.15, 0.2) is 12.2 Å². The first kappa shape index (κ1) is 9.26. The van der Waals surface area contributed by atoms with Gasteiger partial charge in [-0.15, -0.1) is 0 Å². The second kappa shape index (κ2) is 3.83. The molecule has 0 bridgehead atoms. The van der Waals surface area contributed by atoms with Crippen molar-refractivity contribution in [2.24, 2.45) is 11.3 Å². The molecule has 13 heavy (non-hydrogen) atoms. The summed E-state index contributed by atoms with van der Waals surface area (Å²) in [4.78, 5) is 0. The molecule has 2 rings (SSSR count). The van der Waals surface area contributed by atoms with E-state index in [0.717, 1.165) is 5.92 Å². The van der Waals surface area contributed by atoms with Gasteiger partial charge in [0.05, 0.1) is 0 Å². The molecule has 0 aliphatic heterocycles. The fourth-order valence-corrected chi connectivity index (χ4v) is 2.01. The van der Waals surface area contributed by atoms with Crippen LogP contribution in [0.1, 0.15) is 39.0 Å². The van der Waals surface area contributed by atoms with Crippen molar-refractivity contribution in [2.45, 2.75) is 39.0 Å². The van der Waals surface area contributed by atoms with Gasteiger partial charge in [-0.3, -0.25) is 0 Å². The van der Waals surface area contributed by atoms with Crippen molar-refractivity contribution in [3.63, 3.8) is 0 Å². The Labute approximate surface area is 81.6 Å². The summed E-state index contributed by atoms with van der Waals surface area (Å²) in [6.07, 6.45) is 11.5. The van der Waals surface area contributed by atoms with E-state index in [0.29, 0.717) is 5.41 Å². The van der Waals surface area contributed by atoms with Crippen molar-refractivity contribution in [1.82, 2.24) is 5.32 Å². The van der Waals surface area contributed by atoms with Gasteiger partial charge in [0, 0.05) is 6.54 Å². The highest BCUT2D eigenvalue weighted by Crippen LogP contribution is 2.44. The lowest BCUT2D eigenvalue weighted by atomic mass is 9.94.